The van der Waals surface area contributed by atoms with Gasteiger partial charge in [0.05, 0.1) is 12.6 Å². The highest BCUT2D eigenvalue weighted by Gasteiger charge is 2.33. The number of hydrogen-bond donors (Lipinski definition) is 2. The number of carboxylic acid groups (broad SMARTS) is 1. The van der Waals surface area contributed by atoms with Crippen molar-refractivity contribution >= 4 is 11.9 Å². The van der Waals surface area contributed by atoms with Crippen molar-refractivity contribution in [3.05, 3.63) is 35.9 Å². The van der Waals surface area contributed by atoms with Crippen LogP contribution in [-0.2, 0) is 9.59 Å². The van der Waals surface area contributed by atoms with Crippen molar-refractivity contribution in [2.24, 2.45) is 5.92 Å². The number of carbonyl (C=O) groups excluding carboxylic acids is 1. The SMILES string of the molecule is CC(C(=O)O)N(C)CC(=O)NC(c1ccccc1)C1CC1. The first-order valence-electron chi connectivity index (χ1n) is 7.26. The van der Waals surface area contributed by atoms with Gasteiger partial charge in [-0.15, -0.1) is 0 Å². The largest absolute Gasteiger partial charge is 0.480 e. The summed E-state index contributed by atoms with van der Waals surface area (Å²) >= 11 is 0. The summed E-state index contributed by atoms with van der Waals surface area (Å²) in [4.78, 5) is 24.6. The molecule has 0 saturated heterocycles. The predicted octanol–water partition coefficient (Wildman–Crippen LogP) is 1.66. The van der Waals surface area contributed by atoms with Crippen LogP contribution in [0.15, 0.2) is 30.3 Å². The maximum absolute atomic E-state index is 12.2. The number of likely N-dealkylation sites (N-methyl/N-ethyl adjacent to an activating group) is 1. The Balaban J connectivity index is 1.95. The van der Waals surface area contributed by atoms with Gasteiger partial charge >= 0.3 is 5.97 Å². The Kier molecular flexibility index (Phi) is 4.96. The summed E-state index contributed by atoms with van der Waals surface area (Å²) < 4.78 is 0. The van der Waals surface area contributed by atoms with E-state index in [0.29, 0.717) is 5.92 Å². The van der Waals surface area contributed by atoms with E-state index in [9.17, 15) is 9.59 Å². The maximum Gasteiger partial charge on any atom is 0.320 e. The standard InChI is InChI=1S/C16H22N2O3/c1-11(16(20)21)18(2)10-14(19)17-15(13-8-9-13)12-6-4-3-5-7-12/h3-7,11,13,15H,8-10H2,1-2H3,(H,17,19)(H,20,21). The molecule has 1 aromatic rings. The lowest BCUT2D eigenvalue weighted by Gasteiger charge is -2.23. The van der Waals surface area contributed by atoms with E-state index in [1.807, 2.05) is 30.3 Å². The molecule has 2 rings (SSSR count). The number of nitrogens with one attached hydrogen (secondary N) is 1. The fourth-order valence-electron chi connectivity index (χ4n) is 2.33. The molecule has 5 nitrogen and oxygen atoms in total. The summed E-state index contributed by atoms with van der Waals surface area (Å²) in [5, 5.41) is 12.0. The maximum atomic E-state index is 12.2. The molecule has 1 amide bonds. The van der Waals surface area contributed by atoms with Crippen LogP contribution < -0.4 is 5.32 Å². The van der Waals surface area contributed by atoms with E-state index in [-0.39, 0.29) is 18.5 Å². The lowest BCUT2D eigenvalue weighted by Crippen LogP contribution is -2.43. The van der Waals surface area contributed by atoms with Gasteiger partial charge in [0.2, 0.25) is 5.91 Å². The molecule has 5 heteroatoms. The van der Waals surface area contributed by atoms with E-state index < -0.39 is 12.0 Å². The van der Waals surface area contributed by atoms with Gasteiger partial charge in [-0.05, 0) is 38.3 Å². The summed E-state index contributed by atoms with van der Waals surface area (Å²) in [5.74, 6) is -0.558. The highest BCUT2D eigenvalue weighted by atomic mass is 16.4. The lowest BCUT2D eigenvalue weighted by molar-refractivity contribution is -0.142. The van der Waals surface area contributed by atoms with Crippen LogP contribution in [0, 0.1) is 5.92 Å². The van der Waals surface area contributed by atoms with Crippen LogP contribution in [0.5, 0.6) is 0 Å². The van der Waals surface area contributed by atoms with Gasteiger partial charge in [-0.1, -0.05) is 30.3 Å². The summed E-state index contributed by atoms with van der Waals surface area (Å²) in [6.45, 7) is 1.66. The Morgan fingerprint density at radius 3 is 2.48 bits per heavy atom. The highest BCUT2D eigenvalue weighted by Crippen LogP contribution is 2.40. The van der Waals surface area contributed by atoms with Crippen LogP contribution in [0.4, 0.5) is 0 Å². The van der Waals surface area contributed by atoms with Gasteiger partial charge in [0.25, 0.3) is 0 Å². The Labute approximate surface area is 125 Å². The second-order valence-electron chi connectivity index (χ2n) is 5.72. The Morgan fingerprint density at radius 2 is 1.95 bits per heavy atom. The fourth-order valence-corrected chi connectivity index (χ4v) is 2.33. The molecule has 0 bridgehead atoms. The number of rotatable bonds is 7. The van der Waals surface area contributed by atoms with Crippen LogP contribution in [0.1, 0.15) is 31.4 Å². The van der Waals surface area contributed by atoms with Gasteiger partial charge < -0.3 is 10.4 Å². The molecule has 2 atom stereocenters. The van der Waals surface area contributed by atoms with Crippen LogP contribution in [-0.4, -0.2) is 41.5 Å². The first-order chi connectivity index (χ1) is 9.99. The molecule has 1 fully saturated rings. The number of hydrogen-bond acceptors (Lipinski definition) is 3. The Morgan fingerprint density at radius 1 is 1.33 bits per heavy atom. The zero-order valence-electron chi connectivity index (χ0n) is 12.5. The minimum absolute atomic E-state index is 0.0345. The first-order valence-corrected chi connectivity index (χ1v) is 7.26. The topological polar surface area (TPSA) is 69.6 Å². The first kappa shape index (κ1) is 15.5. The molecule has 0 aromatic heterocycles. The van der Waals surface area contributed by atoms with Crippen LogP contribution in [0.25, 0.3) is 0 Å². The van der Waals surface area contributed by atoms with Gasteiger partial charge in [-0.3, -0.25) is 14.5 Å². The van der Waals surface area contributed by atoms with Crippen molar-refractivity contribution in [1.82, 2.24) is 10.2 Å². The van der Waals surface area contributed by atoms with Crippen LogP contribution in [0.3, 0.4) is 0 Å². The highest BCUT2D eigenvalue weighted by molar-refractivity contribution is 5.80. The number of amides is 1. The summed E-state index contributed by atoms with van der Waals surface area (Å²) in [5.41, 5.74) is 1.11. The van der Waals surface area contributed by atoms with Crippen molar-refractivity contribution in [2.45, 2.75) is 31.8 Å². The van der Waals surface area contributed by atoms with Crippen molar-refractivity contribution in [1.29, 1.82) is 0 Å². The molecular weight excluding hydrogens is 268 g/mol. The van der Waals surface area contributed by atoms with Gasteiger partial charge in [0, 0.05) is 0 Å². The molecule has 0 radical (unpaired) electrons. The predicted molar refractivity (Wildman–Crippen MR) is 79.8 cm³/mol. The molecule has 0 spiro atoms. The average molecular weight is 290 g/mol. The molecule has 1 aliphatic rings. The minimum Gasteiger partial charge on any atom is -0.480 e. The van der Waals surface area contributed by atoms with Gasteiger partial charge in [0.1, 0.15) is 6.04 Å². The molecule has 0 aliphatic heterocycles. The third-order valence-corrected chi connectivity index (χ3v) is 3.98. The number of nitrogens with zero attached hydrogens (tertiary/aromatic N) is 1. The van der Waals surface area contributed by atoms with E-state index in [0.717, 1.165) is 18.4 Å². The third-order valence-electron chi connectivity index (χ3n) is 3.98. The van der Waals surface area contributed by atoms with Crippen LogP contribution >= 0.6 is 0 Å². The van der Waals surface area contributed by atoms with E-state index in [1.54, 1.807) is 14.0 Å². The molecule has 114 valence electrons. The second kappa shape index (κ2) is 6.72. The number of carbonyl (C=O) groups is 2. The van der Waals surface area contributed by atoms with E-state index >= 15 is 0 Å². The van der Waals surface area contributed by atoms with Crippen LogP contribution in [0.2, 0.25) is 0 Å². The average Bonchev–Trinajstić information content (AvgIpc) is 3.29. The smallest absolute Gasteiger partial charge is 0.320 e. The second-order valence-corrected chi connectivity index (χ2v) is 5.72. The Hall–Kier alpha value is -1.88. The van der Waals surface area contributed by atoms with Crippen molar-refractivity contribution < 1.29 is 14.7 Å². The summed E-state index contributed by atoms with van der Waals surface area (Å²) in [6.07, 6.45) is 2.25. The van der Waals surface area contributed by atoms with Gasteiger partial charge in [-0.2, -0.15) is 0 Å². The van der Waals surface area contributed by atoms with E-state index in [1.165, 1.54) is 4.90 Å². The van der Waals surface area contributed by atoms with Crippen molar-refractivity contribution in [2.75, 3.05) is 13.6 Å². The van der Waals surface area contributed by atoms with E-state index in [4.69, 9.17) is 5.11 Å². The number of aliphatic carboxylic acids is 1. The minimum atomic E-state index is -0.924. The normalized spacial score (nSPS) is 17.3. The quantitative estimate of drug-likeness (QED) is 0.801. The molecular formula is C16H22N2O3. The lowest BCUT2D eigenvalue weighted by atomic mass is 10.0. The zero-order chi connectivity index (χ0) is 15.4. The fraction of sp³-hybridized carbons (Fsp3) is 0.500. The van der Waals surface area contributed by atoms with Gasteiger partial charge in [-0.25, -0.2) is 0 Å². The third kappa shape index (κ3) is 4.29. The van der Waals surface area contributed by atoms with Gasteiger partial charge in [0.15, 0.2) is 0 Å². The molecule has 0 heterocycles. The summed E-state index contributed by atoms with van der Waals surface area (Å²) in [7, 11) is 1.65. The summed E-state index contributed by atoms with van der Waals surface area (Å²) in [6, 6.07) is 9.29. The molecule has 1 aliphatic carbocycles. The number of carboxylic acids is 1. The molecule has 2 N–H and O–H groups in total. The van der Waals surface area contributed by atoms with Crippen molar-refractivity contribution in [3.8, 4) is 0 Å². The molecule has 21 heavy (non-hydrogen) atoms. The zero-order valence-corrected chi connectivity index (χ0v) is 12.5. The molecule has 1 aromatic carbocycles. The number of benzene rings is 1. The van der Waals surface area contributed by atoms with E-state index in [2.05, 4.69) is 5.32 Å². The monoisotopic (exact) mass is 290 g/mol. The van der Waals surface area contributed by atoms with Crippen molar-refractivity contribution in [3.63, 3.8) is 0 Å². The molecule has 1 saturated carbocycles. The molecule has 2 unspecified atom stereocenters. The Bertz CT molecular complexity index is 500.